The minimum Gasteiger partial charge on any atom is -0.408 e. The highest BCUT2D eigenvalue weighted by molar-refractivity contribution is 5.98. The van der Waals surface area contributed by atoms with Gasteiger partial charge in [-0.3, -0.25) is 19.5 Å². The summed E-state index contributed by atoms with van der Waals surface area (Å²) in [4.78, 5) is 42.6. The molecular formula is C24H24F3N3O4. The lowest BCUT2D eigenvalue weighted by Gasteiger charge is -2.34. The summed E-state index contributed by atoms with van der Waals surface area (Å²) in [5.74, 6) is -0.721. The molecule has 10 heteroatoms. The van der Waals surface area contributed by atoms with Crippen molar-refractivity contribution in [2.45, 2.75) is 25.4 Å². The SMILES string of the molecule is O=C(CCN1CCN(C(=O)CCc2cccc(C(F)(F)F)c2)CC1)c1ccc2[nH]c(=O)oc2c1. The lowest BCUT2D eigenvalue weighted by atomic mass is 10.1. The number of oxazole rings is 1. The number of amides is 1. The van der Waals surface area contributed by atoms with Gasteiger partial charge in [-0.05, 0) is 36.2 Å². The van der Waals surface area contributed by atoms with Crippen LogP contribution in [0.5, 0.6) is 0 Å². The van der Waals surface area contributed by atoms with Crippen molar-refractivity contribution < 1.29 is 27.2 Å². The molecule has 1 aliphatic heterocycles. The molecule has 0 atom stereocenters. The fourth-order valence-electron chi connectivity index (χ4n) is 4.06. The van der Waals surface area contributed by atoms with Crippen molar-refractivity contribution >= 4 is 22.8 Å². The first kappa shape index (κ1) is 23.7. The second-order valence-corrected chi connectivity index (χ2v) is 8.32. The molecular weight excluding hydrogens is 451 g/mol. The molecule has 1 saturated heterocycles. The molecule has 0 unspecified atom stereocenters. The molecule has 7 nitrogen and oxygen atoms in total. The Morgan fingerprint density at radius 3 is 2.50 bits per heavy atom. The summed E-state index contributed by atoms with van der Waals surface area (Å²) < 4.78 is 43.5. The van der Waals surface area contributed by atoms with Gasteiger partial charge in [-0.1, -0.05) is 18.2 Å². The van der Waals surface area contributed by atoms with E-state index in [1.165, 1.54) is 6.07 Å². The summed E-state index contributed by atoms with van der Waals surface area (Å²) >= 11 is 0. The molecule has 1 N–H and O–H groups in total. The number of nitrogens with zero attached hydrogens (tertiary/aromatic N) is 2. The van der Waals surface area contributed by atoms with Gasteiger partial charge in [0.05, 0.1) is 11.1 Å². The van der Waals surface area contributed by atoms with Crippen molar-refractivity contribution in [1.82, 2.24) is 14.8 Å². The smallest absolute Gasteiger partial charge is 0.408 e. The van der Waals surface area contributed by atoms with E-state index in [0.29, 0.717) is 61.4 Å². The van der Waals surface area contributed by atoms with Crippen molar-refractivity contribution in [2.24, 2.45) is 0 Å². The van der Waals surface area contributed by atoms with E-state index in [0.717, 1.165) is 12.1 Å². The molecule has 0 saturated carbocycles. The van der Waals surface area contributed by atoms with Crippen LogP contribution < -0.4 is 5.76 Å². The number of H-pyrrole nitrogens is 1. The number of hydrogen-bond acceptors (Lipinski definition) is 5. The largest absolute Gasteiger partial charge is 0.417 e. The Bertz CT molecular complexity index is 1240. The van der Waals surface area contributed by atoms with Gasteiger partial charge in [0.2, 0.25) is 5.91 Å². The number of ketones is 1. The maximum absolute atomic E-state index is 12.8. The number of fused-ring (bicyclic) bond motifs is 1. The standard InChI is InChI=1S/C24H24F3N3O4/c25-24(26,27)18-3-1-2-16(14-18)4-7-22(32)30-12-10-29(11-13-30)9-8-20(31)17-5-6-19-21(15-17)34-23(33)28-19/h1-3,5-6,14-15H,4,7-13H2,(H,28,33). The number of rotatable bonds is 7. The maximum atomic E-state index is 12.8. The molecule has 1 aliphatic rings. The number of benzene rings is 2. The summed E-state index contributed by atoms with van der Waals surface area (Å²) in [6.07, 6.45) is -3.70. The van der Waals surface area contributed by atoms with Gasteiger partial charge in [0, 0.05) is 51.1 Å². The second-order valence-electron chi connectivity index (χ2n) is 8.32. The topological polar surface area (TPSA) is 86.6 Å². The van der Waals surface area contributed by atoms with Crippen molar-refractivity contribution in [3.05, 3.63) is 69.7 Å². The number of aromatic amines is 1. The average molecular weight is 475 g/mol. The van der Waals surface area contributed by atoms with Crippen LogP contribution in [0.3, 0.4) is 0 Å². The highest BCUT2D eigenvalue weighted by atomic mass is 19.4. The summed E-state index contributed by atoms with van der Waals surface area (Å²) in [6.45, 7) is 2.80. The van der Waals surface area contributed by atoms with E-state index in [1.54, 1.807) is 29.2 Å². The molecule has 4 rings (SSSR count). The molecule has 0 spiro atoms. The van der Waals surface area contributed by atoms with Crippen LogP contribution in [0.1, 0.15) is 34.3 Å². The number of carbonyl (C=O) groups excluding carboxylic acids is 2. The minimum atomic E-state index is -4.40. The fraction of sp³-hybridized carbons (Fsp3) is 0.375. The number of aromatic nitrogens is 1. The molecule has 3 aromatic rings. The Labute approximate surface area is 193 Å². The molecule has 0 radical (unpaired) electrons. The summed E-state index contributed by atoms with van der Waals surface area (Å²) in [7, 11) is 0. The predicted molar refractivity (Wildman–Crippen MR) is 119 cm³/mol. The first-order chi connectivity index (χ1) is 16.2. The first-order valence-corrected chi connectivity index (χ1v) is 11.0. The van der Waals surface area contributed by atoms with Crippen LogP contribution in [0.2, 0.25) is 0 Å². The summed E-state index contributed by atoms with van der Waals surface area (Å²) in [5, 5.41) is 0. The van der Waals surface area contributed by atoms with Gasteiger partial charge in [0.25, 0.3) is 0 Å². The van der Waals surface area contributed by atoms with E-state index in [9.17, 15) is 27.6 Å². The second kappa shape index (κ2) is 9.84. The highest BCUT2D eigenvalue weighted by Crippen LogP contribution is 2.29. The molecule has 34 heavy (non-hydrogen) atoms. The van der Waals surface area contributed by atoms with Crippen LogP contribution in [0.15, 0.2) is 51.7 Å². The quantitative estimate of drug-likeness (QED) is 0.529. The third-order valence-electron chi connectivity index (χ3n) is 6.00. The number of piperazine rings is 1. The molecule has 1 fully saturated rings. The monoisotopic (exact) mass is 475 g/mol. The number of hydrogen-bond donors (Lipinski definition) is 1. The molecule has 0 bridgehead atoms. The van der Waals surface area contributed by atoms with Crippen LogP contribution in [0.4, 0.5) is 13.2 Å². The Morgan fingerprint density at radius 1 is 1.00 bits per heavy atom. The van der Waals surface area contributed by atoms with E-state index in [1.807, 2.05) is 0 Å². The van der Waals surface area contributed by atoms with Crippen LogP contribution in [-0.4, -0.2) is 59.2 Å². The van der Waals surface area contributed by atoms with Gasteiger partial charge in [-0.25, -0.2) is 4.79 Å². The van der Waals surface area contributed by atoms with E-state index in [4.69, 9.17) is 4.42 Å². The van der Waals surface area contributed by atoms with E-state index < -0.39 is 17.5 Å². The van der Waals surface area contributed by atoms with Crippen LogP contribution in [0, 0.1) is 0 Å². The molecule has 0 aliphatic carbocycles. The Morgan fingerprint density at radius 2 is 1.76 bits per heavy atom. The number of carbonyl (C=O) groups is 2. The Kier molecular flexibility index (Phi) is 6.87. The zero-order chi connectivity index (χ0) is 24.3. The number of aryl methyl sites for hydroxylation is 1. The lowest BCUT2D eigenvalue weighted by molar-refractivity contribution is -0.137. The van der Waals surface area contributed by atoms with Crippen molar-refractivity contribution in [3.8, 4) is 0 Å². The van der Waals surface area contributed by atoms with Crippen molar-refractivity contribution in [1.29, 1.82) is 0 Å². The van der Waals surface area contributed by atoms with Crippen LogP contribution in [0.25, 0.3) is 11.1 Å². The van der Waals surface area contributed by atoms with Gasteiger partial charge < -0.3 is 9.32 Å². The molecule has 1 amide bonds. The maximum Gasteiger partial charge on any atom is 0.417 e. The number of nitrogens with one attached hydrogen (secondary N) is 1. The van der Waals surface area contributed by atoms with Gasteiger partial charge in [0.15, 0.2) is 11.4 Å². The summed E-state index contributed by atoms with van der Waals surface area (Å²) in [6, 6.07) is 9.90. The molecule has 2 aromatic carbocycles. The third kappa shape index (κ3) is 5.74. The minimum absolute atomic E-state index is 0.0645. The van der Waals surface area contributed by atoms with Gasteiger partial charge in [-0.15, -0.1) is 0 Å². The van der Waals surface area contributed by atoms with Crippen molar-refractivity contribution in [3.63, 3.8) is 0 Å². The number of alkyl halides is 3. The van der Waals surface area contributed by atoms with Crippen molar-refractivity contribution in [2.75, 3.05) is 32.7 Å². The fourth-order valence-corrected chi connectivity index (χ4v) is 4.06. The van der Waals surface area contributed by atoms with Gasteiger partial charge in [0.1, 0.15) is 0 Å². The zero-order valence-corrected chi connectivity index (χ0v) is 18.4. The number of halogens is 3. The molecule has 180 valence electrons. The van der Waals surface area contributed by atoms with Gasteiger partial charge >= 0.3 is 11.9 Å². The molecule has 1 aromatic heterocycles. The van der Waals surface area contributed by atoms with Crippen LogP contribution >= 0.6 is 0 Å². The average Bonchev–Trinajstić information content (AvgIpc) is 3.20. The Hall–Kier alpha value is -3.40. The highest BCUT2D eigenvalue weighted by Gasteiger charge is 2.30. The zero-order valence-electron chi connectivity index (χ0n) is 18.4. The van der Waals surface area contributed by atoms with E-state index in [-0.39, 0.29) is 24.5 Å². The third-order valence-corrected chi connectivity index (χ3v) is 6.00. The van der Waals surface area contributed by atoms with E-state index in [2.05, 4.69) is 9.88 Å². The predicted octanol–water partition coefficient (Wildman–Crippen LogP) is 3.49. The number of Topliss-reactive ketones (excluding diaryl/α,β-unsaturated/α-hetero) is 1. The van der Waals surface area contributed by atoms with E-state index >= 15 is 0 Å². The Balaban J connectivity index is 1.21. The lowest BCUT2D eigenvalue weighted by Crippen LogP contribution is -2.49. The molecule has 2 heterocycles. The van der Waals surface area contributed by atoms with Crippen LogP contribution in [-0.2, 0) is 17.4 Å². The summed E-state index contributed by atoms with van der Waals surface area (Å²) in [5.41, 5.74) is 1.12. The van der Waals surface area contributed by atoms with Gasteiger partial charge in [-0.2, -0.15) is 13.2 Å². The normalized spacial score (nSPS) is 15.1. The first-order valence-electron chi connectivity index (χ1n) is 11.0.